The molecule has 0 heterocycles. The average molecular weight is 573 g/mol. The van der Waals surface area contributed by atoms with Crippen LogP contribution in [0.5, 0.6) is 23.0 Å². The summed E-state index contributed by atoms with van der Waals surface area (Å²) in [6.45, 7) is 0. The maximum Gasteiger partial charge on any atom is 0.339 e. The van der Waals surface area contributed by atoms with Gasteiger partial charge in [-0.2, -0.15) is 8.42 Å². The molecule has 0 spiro atoms. The number of rotatable bonds is 8. The zero-order chi connectivity index (χ0) is 24.8. The minimum absolute atomic E-state index is 0.0267. The Balaban J connectivity index is 1.51. The Bertz CT molecular complexity index is 1440. The Labute approximate surface area is 217 Å². The van der Waals surface area contributed by atoms with Crippen LogP contribution in [0.2, 0.25) is 5.02 Å². The van der Waals surface area contributed by atoms with Crippen molar-refractivity contribution >= 4 is 49.6 Å². The highest BCUT2D eigenvalue weighted by molar-refractivity contribution is 9.10. The fourth-order valence-corrected chi connectivity index (χ4v) is 4.76. The van der Waals surface area contributed by atoms with E-state index < -0.39 is 10.1 Å². The molecule has 178 valence electrons. The van der Waals surface area contributed by atoms with Crippen molar-refractivity contribution < 1.29 is 22.1 Å². The Morgan fingerprint density at radius 3 is 2.20 bits per heavy atom. The summed E-state index contributed by atoms with van der Waals surface area (Å²) in [6.07, 6.45) is 1.64. The van der Waals surface area contributed by atoms with Crippen LogP contribution in [0.1, 0.15) is 5.56 Å². The summed E-state index contributed by atoms with van der Waals surface area (Å²) in [4.78, 5) is 4.45. The van der Waals surface area contributed by atoms with Crippen molar-refractivity contribution in [1.82, 2.24) is 0 Å². The molecular weight excluding hydrogens is 554 g/mol. The molecule has 0 fully saturated rings. The summed E-state index contributed by atoms with van der Waals surface area (Å²) in [5.41, 5.74) is 1.39. The Kier molecular flexibility index (Phi) is 7.75. The number of hydrogen-bond acceptors (Lipinski definition) is 6. The Hall–Kier alpha value is -3.33. The van der Waals surface area contributed by atoms with Crippen LogP contribution in [0.3, 0.4) is 0 Å². The van der Waals surface area contributed by atoms with Crippen LogP contribution >= 0.6 is 27.5 Å². The SMILES string of the molecule is COc1cc(C=Nc2ccc(Oc3ccccc3)cc2)cc(Br)c1OS(=O)(=O)c1ccc(Cl)cc1. The zero-order valence-electron chi connectivity index (χ0n) is 18.4. The lowest BCUT2D eigenvalue weighted by Gasteiger charge is -2.13. The maximum absolute atomic E-state index is 12.7. The van der Waals surface area contributed by atoms with E-state index in [4.69, 9.17) is 25.3 Å². The molecule has 0 aliphatic rings. The third kappa shape index (κ3) is 6.42. The largest absolute Gasteiger partial charge is 0.493 e. The van der Waals surface area contributed by atoms with Gasteiger partial charge in [-0.05, 0) is 94.3 Å². The summed E-state index contributed by atoms with van der Waals surface area (Å²) in [6, 6.07) is 25.8. The molecule has 0 atom stereocenters. The van der Waals surface area contributed by atoms with E-state index in [-0.39, 0.29) is 16.4 Å². The summed E-state index contributed by atoms with van der Waals surface area (Å²) in [5, 5.41) is 0.421. The zero-order valence-corrected chi connectivity index (χ0v) is 21.5. The first-order valence-corrected chi connectivity index (χ1v) is 12.9. The van der Waals surface area contributed by atoms with Gasteiger partial charge in [-0.15, -0.1) is 0 Å². The molecule has 0 N–H and O–H groups in total. The van der Waals surface area contributed by atoms with E-state index in [2.05, 4.69) is 20.9 Å². The fourth-order valence-electron chi connectivity index (χ4n) is 3.03. The van der Waals surface area contributed by atoms with Crippen molar-refractivity contribution in [2.24, 2.45) is 4.99 Å². The normalized spacial score (nSPS) is 11.4. The number of halogens is 2. The predicted molar refractivity (Wildman–Crippen MR) is 140 cm³/mol. The third-order valence-electron chi connectivity index (χ3n) is 4.73. The van der Waals surface area contributed by atoms with Gasteiger partial charge in [-0.1, -0.05) is 29.8 Å². The number of ether oxygens (including phenoxy) is 2. The highest BCUT2D eigenvalue weighted by atomic mass is 79.9. The molecule has 0 unspecified atom stereocenters. The summed E-state index contributed by atoms with van der Waals surface area (Å²) < 4.78 is 42.3. The molecular formula is C26H19BrClNO5S. The molecule has 35 heavy (non-hydrogen) atoms. The monoisotopic (exact) mass is 571 g/mol. The second kappa shape index (κ2) is 10.9. The maximum atomic E-state index is 12.7. The first-order chi connectivity index (χ1) is 16.8. The number of nitrogens with zero attached hydrogens (tertiary/aromatic N) is 1. The number of benzene rings is 4. The van der Waals surface area contributed by atoms with Crippen LogP contribution in [0.25, 0.3) is 0 Å². The quantitative estimate of drug-likeness (QED) is 0.162. The lowest BCUT2D eigenvalue weighted by molar-refractivity contribution is 0.389. The average Bonchev–Trinajstić information content (AvgIpc) is 2.86. The van der Waals surface area contributed by atoms with Gasteiger partial charge in [0.05, 0.1) is 17.3 Å². The van der Waals surface area contributed by atoms with Gasteiger partial charge in [0.15, 0.2) is 11.5 Å². The van der Waals surface area contributed by atoms with E-state index in [1.165, 1.54) is 31.4 Å². The van der Waals surface area contributed by atoms with Gasteiger partial charge in [-0.25, -0.2) is 0 Å². The number of para-hydroxylation sites is 1. The molecule has 4 aromatic rings. The second-order valence-electron chi connectivity index (χ2n) is 7.19. The van der Waals surface area contributed by atoms with E-state index in [1.54, 1.807) is 18.3 Å². The van der Waals surface area contributed by atoms with Crippen molar-refractivity contribution in [3.05, 3.63) is 106 Å². The van der Waals surface area contributed by atoms with Gasteiger partial charge in [0.25, 0.3) is 0 Å². The Morgan fingerprint density at radius 2 is 1.54 bits per heavy atom. The molecule has 0 bridgehead atoms. The lowest BCUT2D eigenvalue weighted by atomic mass is 10.2. The van der Waals surface area contributed by atoms with Crippen LogP contribution < -0.4 is 13.7 Å². The van der Waals surface area contributed by atoms with Gasteiger partial charge in [0.1, 0.15) is 16.4 Å². The molecule has 0 aliphatic heterocycles. The van der Waals surface area contributed by atoms with Crippen molar-refractivity contribution in [3.8, 4) is 23.0 Å². The van der Waals surface area contributed by atoms with Crippen molar-refractivity contribution in [1.29, 1.82) is 0 Å². The molecule has 0 saturated carbocycles. The van der Waals surface area contributed by atoms with Gasteiger partial charge in [0.2, 0.25) is 0 Å². The van der Waals surface area contributed by atoms with E-state index in [9.17, 15) is 8.42 Å². The molecule has 4 aromatic carbocycles. The summed E-state index contributed by atoms with van der Waals surface area (Å²) in [5.74, 6) is 1.70. The first-order valence-electron chi connectivity index (χ1n) is 10.3. The van der Waals surface area contributed by atoms with E-state index in [1.807, 2.05) is 54.6 Å². The van der Waals surface area contributed by atoms with Crippen LogP contribution in [0, 0.1) is 0 Å². The minimum Gasteiger partial charge on any atom is -0.493 e. The Morgan fingerprint density at radius 1 is 0.886 bits per heavy atom. The molecule has 0 aromatic heterocycles. The van der Waals surface area contributed by atoms with Crippen LogP contribution in [-0.4, -0.2) is 21.7 Å². The number of hydrogen-bond donors (Lipinski definition) is 0. The number of aliphatic imine (C=N–C) groups is 1. The van der Waals surface area contributed by atoms with Crippen LogP contribution in [0.15, 0.2) is 105 Å². The standard InChI is InChI=1S/C26H19BrClNO5S/c1-32-25-16-18(15-24(27)26(25)34-35(30,31)23-13-7-19(28)8-14-23)17-29-20-9-11-22(12-10-20)33-21-5-3-2-4-6-21/h2-17H,1H3. The molecule has 6 nitrogen and oxygen atoms in total. The van der Waals surface area contributed by atoms with Crippen molar-refractivity contribution in [2.45, 2.75) is 4.90 Å². The van der Waals surface area contributed by atoms with E-state index >= 15 is 0 Å². The molecule has 0 saturated heterocycles. The van der Waals surface area contributed by atoms with Crippen LogP contribution in [0.4, 0.5) is 5.69 Å². The van der Waals surface area contributed by atoms with Crippen LogP contribution in [-0.2, 0) is 10.1 Å². The molecule has 0 amide bonds. The van der Waals surface area contributed by atoms with E-state index in [0.29, 0.717) is 26.5 Å². The first kappa shape index (κ1) is 24.8. The molecule has 0 radical (unpaired) electrons. The van der Waals surface area contributed by atoms with Gasteiger partial charge >= 0.3 is 10.1 Å². The molecule has 4 rings (SSSR count). The summed E-state index contributed by atoms with van der Waals surface area (Å²) in [7, 11) is -2.67. The highest BCUT2D eigenvalue weighted by Crippen LogP contribution is 2.38. The molecule has 9 heteroatoms. The van der Waals surface area contributed by atoms with Gasteiger partial charge < -0.3 is 13.7 Å². The topological polar surface area (TPSA) is 74.2 Å². The highest BCUT2D eigenvalue weighted by Gasteiger charge is 2.22. The van der Waals surface area contributed by atoms with Gasteiger partial charge in [-0.3, -0.25) is 4.99 Å². The van der Waals surface area contributed by atoms with Crippen molar-refractivity contribution in [2.75, 3.05) is 7.11 Å². The minimum atomic E-state index is -4.09. The number of methoxy groups -OCH3 is 1. The third-order valence-corrected chi connectivity index (χ3v) is 6.80. The van der Waals surface area contributed by atoms with Gasteiger partial charge in [0, 0.05) is 11.2 Å². The lowest BCUT2D eigenvalue weighted by Crippen LogP contribution is -2.11. The smallest absolute Gasteiger partial charge is 0.339 e. The van der Waals surface area contributed by atoms with Crippen molar-refractivity contribution in [3.63, 3.8) is 0 Å². The predicted octanol–water partition coefficient (Wildman–Crippen LogP) is 7.42. The van der Waals surface area contributed by atoms with E-state index in [0.717, 1.165) is 5.75 Å². The molecule has 0 aliphatic carbocycles. The fraction of sp³-hybridized carbons (Fsp3) is 0.0385. The second-order valence-corrected chi connectivity index (χ2v) is 10.0. The summed E-state index contributed by atoms with van der Waals surface area (Å²) >= 11 is 9.22.